The van der Waals surface area contributed by atoms with Crippen molar-refractivity contribution < 1.29 is 9.13 Å². The average Bonchev–Trinajstić information content (AvgIpc) is 2.42. The molecule has 0 aliphatic carbocycles. The summed E-state index contributed by atoms with van der Waals surface area (Å²) in [7, 11) is 0. The van der Waals surface area contributed by atoms with Crippen LogP contribution in [0.4, 0.5) is 10.2 Å². The van der Waals surface area contributed by atoms with E-state index in [1.54, 1.807) is 18.3 Å². The van der Waals surface area contributed by atoms with Gasteiger partial charge in [0.25, 0.3) is 0 Å². The maximum atomic E-state index is 13.8. The standard InChI is InChI=1S/C15H16BrFN2O/c1-3-11-12(5-4-6-13(11)17)9(2)20-14-7-10(16)8-19-15(14)18/h4-9H,3H2,1-2H3,(H2,18,19). The predicted molar refractivity (Wildman–Crippen MR) is 81.2 cm³/mol. The van der Waals surface area contributed by atoms with Crippen molar-refractivity contribution in [3.05, 3.63) is 51.9 Å². The van der Waals surface area contributed by atoms with Gasteiger partial charge in [0, 0.05) is 10.7 Å². The minimum Gasteiger partial charge on any atom is -0.482 e. The molecule has 20 heavy (non-hydrogen) atoms. The van der Waals surface area contributed by atoms with Gasteiger partial charge >= 0.3 is 0 Å². The zero-order valence-electron chi connectivity index (χ0n) is 11.4. The lowest BCUT2D eigenvalue weighted by Gasteiger charge is -2.19. The predicted octanol–water partition coefficient (Wildman–Crippen LogP) is 4.27. The number of nitrogens with two attached hydrogens (primary N) is 1. The summed E-state index contributed by atoms with van der Waals surface area (Å²) in [5.41, 5.74) is 7.28. The summed E-state index contributed by atoms with van der Waals surface area (Å²) in [6.45, 7) is 3.79. The Kier molecular flexibility index (Phi) is 4.60. The fraction of sp³-hybridized carbons (Fsp3) is 0.267. The topological polar surface area (TPSA) is 48.1 Å². The van der Waals surface area contributed by atoms with Crippen LogP contribution in [0, 0.1) is 5.82 Å². The molecule has 3 nitrogen and oxygen atoms in total. The van der Waals surface area contributed by atoms with E-state index in [0.29, 0.717) is 23.6 Å². The van der Waals surface area contributed by atoms with Crippen LogP contribution in [0.15, 0.2) is 34.9 Å². The molecule has 1 aromatic carbocycles. The smallest absolute Gasteiger partial charge is 0.166 e. The van der Waals surface area contributed by atoms with E-state index in [-0.39, 0.29) is 11.9 Å². The molecule has 0 bridgehead atoms. The van der Waals surface area contributed by atoms with Crippen molar-refractivity contribution in [1.29, 1.82) is 0 Å². The molecule has 1 heterocycles. The van der Waals surface area contributed by atoms with Crippen molar-refractivity contribution in [3.63, 3.8) is 0 Å². The molecule has 0 fully saturated rings. The Morgan fingerprint density at radius 1 is 1.45 bits per heavy atom. The first-order valence-corrected chi connectivity index (χ1v) is 7.17. The monoisotopic (exact) mass is 338 g/mol. The van der Waals surface area contributed by atoms with Gasteiger partial charge in [-0.3, -0.25) is 0 Å². The Hall–Kier alpha value is -1.62. The van der Waals surface area contributed by atoms with Crippen molar-refractivity contribution in [1.82, 2.24) is 4.98 Å². The molecule has 0 aliphatic heterocycles. The van der Waals surface area contributed by atoms with Crippen LogP contribution in [-0.2, 0) is 6.42 Å². The Balaban J connectivity index is 2.30. The summed E-state index contributed by atoms with van der Waals surface area (Å²) in [4.78, 5) is 4.02. The lowest BCUT2D eigenvalue weighted by Crippen LogP contribution is -2.09. The average molecular weight is 339 g/mol. The summed E-state index contributed by atoms with van der Waals surface area (Å²) in [5.74, 6) is 0.591. The maximum Gasteiger partial charge on any atom is 0.166 e. The van der Waals surface area contributed by atoms with Crippen molar-refractivity contribution >= 4 is 21.7 Å². The molecule has 0 saturated heterocycles. The van der Waals surface area contributed by atoms with Crippen molar-refractivity contribution in [2.45, 2.75) is 26.4 Å². The van der Waals surface area contributed by atoms with Gasteiger partial charge < -0.3 is 10.5 Å². The van der Waals surface area contributed by atoms with Crippen LogP contribution in [0.3, 0.4) is 0 Å². The minimum atomic E-state index is -0.306. The Labute approximate surface area is 126 Å². The number of hydrogen-bond donors (Lipinski definition) is 1. The zero-order valence-corrected chi connectivity index (χ0v) is 12.9. The zero-order chi connectivity index (χ0) is 14.7. The highest BCUT2D eigenvalue weighted by Gasteiger charge is 2.16. The highest BCUT2D eigenvalue weighted by Crippen LogP contribution is 2.30. The largest absolute Gasteiger partial charge is 0.482 e. The van der Waals surface area contributed by atoms with Gasteiger partial charge in [-0.05, 0) is 52.5 Å². The van der Waals surface area contributed by atoms with Gasteiger partial charge in [-0.25, -0.2) is 9.37 Å². The van der Waals surface area contributed by atoms with Crippen LogP contribution < -0.4 is 10.5 Å². The first-order valence-electron chi connectivity index (χ1n) is 6.37. The van der Waals surface area contributed by atoms with Crippen molar-refractivity contribution in [2.75, 3.05) is 5.73 Å². The normalized spacial score (nSPS) is 12.2. The van der Waals surface area contributed by atoms with E-state index in [1.165, 1.54) is 6.07 Å². The van der Waals surface area contributed by atoms with Gasteiger partial charge in [0.05, 0.1) is 0 Å². The van der Waals surface area contributed by atoms with Gasteiger partial charge in [0.1, 0.15) is 11.9 Å². The van der Waals surface area contributed by atoms with Crippen molar-refractivity contribution in [3.8, 4) is 5.75 Å². The second kappa shape index (κ2) is 6.22. The fourth-order valence-corrected chi connectivity index (χ4v) is 2.42. The molecule has 2 rings (SSSR count). The summed E-state index contributed by atoms with van der Waals surface area (Å²) in [5, 5.41) is 0. The molecule has 1 atom stereocenters. The number of halogens is 2. The van der Waals surface area contributed by atoms with Crippen molar-refractivity contribution in [2.24, 2.45) is 0 Å². The van der Waals surface area contributed by atoms with Gasteiger partial charge in [-0.2, -0.15) is 0 Å². The number of ether oxygens (including phenoxy) is 1. The quantitative estimate of drug-likeness (QED) is 0.905. The lowest BCUT2D eigenvalue weighted by molar-refractivity contribution is 0.225. The lowest BCUT2D eigenvalue weighted by atomic mass is 10.0. The molecule has 1 unspecified atom stereocenters. The molecular weight excluding hydrogens is 323 g/mol. The van der Waals surface area contributed by atoms with Crippen LogP contribution in [-0.4, -0.2) is 4.98 Å². The number of nitrogens with zero attached hydrogens (tertiary/aromatic N) is 1. The minimum absolute atomic E-state index is 0.208. The van der Waals surface area contributed by atoms with Gasteiger partial charge in [-0.15, -0.1) is 0 Å². The third kappa shape index (κ3) is 3.10. The summed E-state index contributed by atoms with van der Waals surface area (Å²) < 4.78 is 20.4. The van der Waals surface area contributed by atoms with Crippen LogP contribution in [0.2, 0.25) is 0 Å². The van der Waals surface area contributed by atoms with Gasteiger partial charge in [0.15, 0.2) is 11.6 Å². The van der Waals surface area contributed by atoms with Crippen LogP contribution in [0.1, 0.15) is 31.1 Å². The molecule has 0 saturated carbocycles. The molecular formula is C15H16BrFN2O. The third-order valence-corrected chi connectivity index (χ3v) is 3.53. The van der Waals surface area contributed by atoms with Crippen LogP contribution in [0.25, 0.3) is 0 Å². The van der Waals surface area contributed by atoms with Crippen LogP contribution >= 0.6 is 15.9 Å². The van der Waals surface area contributed by atoms with E-state index in [9.17, 15) is 4.39 Å². The SMILES string of the molecule is CCc1c(F)cccc1C(C)Oc1cc(Br)cnc1N. The molecule has 106 valence electrons. The summed E-state index contributed by atoms with van der Waals surface area (Å²) >= 11 is 3.32. The van der Waals surface area contributed by atoms with E-state index in [0.717, 1.165) is 10.0 Å². The first-order chi connectivity index (χ1) is 9.52. The van der Waals surface area contributed by atoms with E-state index < -0.39 is 0 Å². The number of nitrogen functional groups attached to an aromatic ring is 1. The van der Waals surface area contributed by atoms with E-state index in [4.69, 9.17) is 10.5 Å². The molecule has 0 radical (unpaired) electrons. The number of rotatable bonds is 4. The second-order valence-electron chi connectivity index (χ2n) is 4.46. The molecule has 2 aromatic rings. The van der Waals surface area contributed by atoms with Crippen LogP contribution in [0.5, 0.6) is 5.75 Å². The maximum absolute atomic E-state index is 13.8. The molecule has 1 aromatic heterocycles. The Bertz CT molecular complexity index is 619. The van der Waals surface area contributed by atoms with E-state index in [1.807, 2.05) is 19.9 Å². The van der Waals surface area contributed by atoms with Gasteiger partial charge in [-0.1, -0.05) is 19.1 Å². The third-order valence-electron chi connectivity index (χ3n) is 3.10. The Morgan fingerprint density at radius 3 is 2.90 bits per heavy atom. The summed E-state index contributed by atoms with van der Waals surface area (Å²) in [6, 6.07) is 6.77. The number of aromatic nitrogens is 1. The number of pyridine rings is 1. The molecule has 0 amide bonds. The van der Waals surface area contributed by atoms with E-state index >= 15 is 0 Å². The number of hydrogen-bond acceptors (Lipinski definition) is 3. The number of benzene rings is 1. The molecule has 2 N–H and O–H groups in total. The number of anilines is 1. The highest BCUT2D eigenvalue weighted by atomic mass is 79.9. The highest BCUT2D eigenvalue weighted by molar-refractivity contribution is 9.10. The first kappa shape index (κ1) is 14.8. The van der Waals surface area contributed by atoms with E-state index in [2.05, 4.69) is 20.9 Å². The Morgan fingerprint density at radius 2 is 2.20 bits per heavy atom. The molecule has 0 spiro atoms. The second-order valence-corrected chi connectivity index (χ2v) is 5.37. The fourth-order valence-electron chi connectivity index (χ4n) is 2.11. The molecule has 5 heteroatoms. The molecule has 0 aliphatic rings. The summed E-state index contributed by atoms with van der Waals surface area (Å²) in [6.07, 6.45) is 1.91. The van der Waals surface area contributed by atoms with Gasteiger partial charge in [0.2, 0.25) is 0 Å².